The Hall–Kier alpha value is -3.76. The van der Waals surface area contributed by atoms with Crippen molar-refractivity contribution in [3.63, 3.8) is 0 Å². The van der Waals surface area contributed by atoms with E-state index in [9.17, 15) is 27.2 Å². The molecule has 0 radical (unpaired) electrons. The number of rotatable bonds is 8. The van der Waals surface area contributed by atoms with Crippen molar-refractivity contribution in [2.45, 2.75) is 56.3 Å². The molecule has 1 saturated heterocycles. The zero-order valence-corrected chi connectivity index (χ0v) is 20.7. The molecule has 0 bridgehead atoms. The van der Waals surface area contributed by atoms with Gasteiger partial charge in [0.15, 0.2) is 0 Å². The van der Waals surface area contributed by atoms with E-state index in [1.807, 2.05) is 0 Å². The van der Waals surface area contributed by atoms with Crippen LogP contribution in [0.4, 0.5) is 17.6 Å². The van der Waals surface area contributed by atoms with Gasteiger partial charge in [0.1, 0.15) is 12.2 Å². The van der Waals surface area contributed by atoms with Crippen molar-refractivity contribution < 1.29 is 27.2 Å². The Bertz CT molecular complexity index is 1330. The first-order valence-corrected chi connectivity index (χ1v) is 12.5. The summed E-state index contributed by atoms with van der Waals surface area (Å²) in [6.07, 6.45) is -2.08. The number of amides is 2. The fourth-order valence-corrected chi connectivity index (χ4v) is 4.96. The van der Waals surface area contributed by atoms with Crippen molar-refractivity contribution in [2.24, 2.45) is 7.05 Å². The number of aryl methyl sites for hydroxylation is 1. The van der Waals surface area contributed by atoms with Crippen LogP contribution in [0.3, 0.4) is 0 Å². The van der Waals surface area contributed by atoms with E-state index in [4.69, 9.17) is 0 Å². The zero-order valence-electron chi connectivity index (χ0n) is 20.7. The summed E-state index contributed by atoms with van der Waals surface area (Å²) in [6, 6.07) is 10.2. The van der Waals surface area contributed by atoms with Gasteiger partial charge in [0.2, 0.25) is 17.8 Å². The third-order valence-corrected chi connectivity index (χ3v) is 7.00. The Labute approximate surface area is 216 Å². The van der Waals surface area contributed by atoms with Crippen LogP contribution in [0.5, 0.6) is 0 Å². The van der Waals surface area contributed by atoms with Crippen molar-refractivity contribution >= 4 is 11.8 Å². The molecule has 3 heterocycles. The van der Waals surface area contributed by atoms with Crippen LogP contribution in [0.25, 0.3) is 0 Å². The number of carbonyl (C=O) groups is 2. The lowest BCUT2D eigenvalue weighted by Gasteiger charge is -2.26. The average Bonchev–Trinajstić information content (AvgIpc) is 3.55. The lowest BCUT2D eigenvalue weighted by molar-refractivity contribution is -0.138. The van der Waals surface area contributed by atoms with Gasteiger partial charge in [0.25, 0.3) is 6.43 Å². The molecule has 1 saturated carbocycles. The van der Waals surface area contributed by atoms with Gasteiger partial charge in [-0.05, 0) is 30.4 Å². The molecule has 2 aliphatic rings. The van der Waals surface area contributed by atoms with Crippen molar-refractivity contribution in [1.82, 2.24) is 25.0 Å². The number of likely N-dealkylation sites (tertiary alicyclic amines) is 1. The molecule has 5 rings (SSSR count). The van der Waals surface area contributed by atoms with Crippen LogP contribution >= 0.6 is 0 Å². The van der Waals surface area contributed by atoms with Crippen molar-refractivity contribution in [3.8, 4) is 0 Å². The molecular weight excluding hydrogens is 502 g/mol. The highest BCUT2D eigenvalue weighted by atomic mass is 19.3. The van der Waals surface area contributed by atoms with Crippen LogP contribution < -0.4 is 5.32 Å². The van der Waals surface area contributed by atoms with Gasteiger partial charge < -0.3 is 10.2 Å². The Morgan fingerprint density at radius 2 is 1.87 bits per heavy atom. The number of hydrogen-bond donors (Lipinski definition) is 1. The molecule has 1 N–H and O–H groups in total. The molecule has 38 heavy (non-hydrogen) atoms. The highest BCUT2D eigenvalue weighted by Crippen LogP contribution is 2.41. The summed E-state index contributed by atoms with van der Waals surface area (Å²) in [5.41, 5.74) is 0.942. The second-order valence-corrected chi connectivity index (χ2v) is 9.82. The SMILES string of the molecule is Cn1cc(C(F)F)c(CC(=O)N2CC(F)CC2C(=O)NC(c2ccccc2)c2ccc(C3CC3)c(F)n2)n1. The molecule has 3 unspecified atom stereocenters. The first-order chi connectivity index (χ1) is 18.2. The van der Waals surface area contributed by atoms with Crippen molar-refractivity contribution in [3.05, 3.63) is 82.7 Å². The van der Waals surface area contributed by atoms with Crippen LogP contribution in [0.1, 0.15) is 65.7 Å². The summed E-state index contributed by atoms with van der Waals surface area (Å²) in [5.74, 6) is -1.76. The van der Waals surface area contributed by atoms with Crippen LogP contribution in [0.15, 0.2) is 48.7 Å². The molecule has 2 amide bonds. The molecule has 1 aliphatic heterocycles. The van der Waals surface area contributed by atoms with E-state index < -0.39 is 48.9 Å². The van der Waals surface area contributed by atoms with Gasteiger partial charge in [-0.25, -0.2) is 18.2 Å². The van der Waals surface area contributed by atoms with E-state index in [1.165, 1.54) is 11.7 Å². The number of hydrogen-bond acceptors (Lipinski definition) is 4. The Morgan fingerprint density at radius 3 is 2.53 bits per heavy atom. The Morgan fingerprint density at radius 1 is 1.13 bits per heavy atom. The van der Waals surface area contributed by atoms with E-state index in [1.54, 1.807) is 42.5 Å². The smallest absolute Gasteiger partial charge is 0.267 e. The molecule has 200 valence electrons. The number of aromatic nitrogens is 3. The van der Waals surface area contributed by atoms with Gasteiger partial charge in [0.05, 0.1) is 36.0 Å². The van der Waals surface area contributed by atoms with Crippen LogP contribution in [-0.4, -0.2) is 50.2 Å². The maximum absolute atomic E-state index is 14.8. The minimum Gasteiger partial charge on any atom is -0.342 e. The van der Waals surface area contributed by atoms with Gasteiger partial charge in [-0.3, -0.25) is 14.3 Å². The molecule has 2 aromatic heterocycles. The second kappa shape index (κ2) is 10.5. The van der Waals surface area contributed by atoms with Crippen LogP contribution in [0, 0.1) is 5.95 Å². The van der Waals surface area contributed by atoms with E-state index in [0.717, 1.165) is 23.9 Å². The molecule has 2 fully saturated rings. The molecule has 3 aromatic rings. The third-order valence-electron chi connectivity index (χ3n) is 7.00. The summed E-state index contributed by atoms with van der Waals surface area (Å²) < 4.78 is 57.2. The van der Waals surface area contributed by atoms with Crippen LogP contribution in [0.2, 0.25) is 0 Å². The molecule has 3 atom stereocenters. The predicted molar refractivity (Wildman–Crippen MR) is 129 cm³/mol. The third kappa shape index (κ3) is 5.41. The summed E-state index contributed by atoms with van der Waals surface area (Å²) in [4.78, 5) is 31.7. The summed E-state index contributed by atoms with van der Waals surface area (Å²) in [6.45, 7) is -0.341. The van der Waals surface area contributed by atoms with Crippen LogP contribution in [-0.2, 0) is 23.1 Å². The average molecular weight is 530 g/mol. The van der Waals surface area contributed by atoms with Gasteiger partial charge in [-0.15, -0.1) is 0 Å². The molecule has 1 aromatic carbocycles. The van der Waals surface area contributed by atoms with Crippen molar-refractivity contribution in [2.75, 3.05) is 6.54 Å². The predicted octanol–water partition coefficient (Wildman–Crippen LogP) is 4.16. The molecule has 7 nitrogen and oxygen atoms in total. The number of benzene rings is 1. The fraction of sp³-hybridized carbons (Fsp3) is 0.407. The number of nitrogens with one attached hydrogen (secondary N) is 1. The first-order valence-electron chi connectivity index (χ1n) is 12.5. The van der Waals surface area contributed by atoms with Crippen molar-refractivity contribution in [1.29, 1.82) is 0 Å². The summed E-state index contributed by atoms with van der Waals surface area (Å²) in [7, 11) is 1.46. The van der Waals surface area contributed by atoms with Gasteiger partial charge >= 0.3 is 0 Å². The quantitative estimate of drug-likeness (QED) is 0.351. The molecular formula is C27H27F4N5O2. The van der Waals surface area contributed by atoms with Gasteiger partial charge in [-0.1, -0.05) is 36.4 Å². The maximum Gasteiger partial charge on any atom is 0.267 e. The largest absolute Gasteiger partial charge is 0.342 e. The summed E-state index contributed by atoms with van der Waals surface area (Å²) in [5, 5.41) is 6.76. The normalized spacial score (nSPS) is 20.1. The topological polar surface area (TPSA) is 80.1 Å². The minimum absolute atomic E-state index is 0.119. The molecule has 0 spiro atoms. The van der Waals surface area contributed by atoms with E-state index in [-0.39, 0.29) is 35.8 Å². The van der Waals surface area contributed by atoms with E-state index >= 15 is 0 Å². The Kier molecular flexibility index (Phi) is 7.18. The summed E-state index contributed by atoms with van der Waals surface area (Å²) >= 11 is 0. The highest BCUT2D eigenvalue weighted by Gasteiger charge is 2.41. The lowest BCUT2D eigenvalue weighted by Crippen LogP contribution is -2.47. The number of nitrogens with zero attached hydrogens (tertiary/aromatic N) is 4. The number of alkyl halides is 3. The molecule has 11 heteroatoms. The second-order valence-electron chi connectivity index (χ2n) is 9.82. The number of pyridine rings is 1. The van der Waals surface area contributed by atoms with E-state index in [2.05, 4.69) is 15.4 Å². The Balaban J connectivity index is 1.38. The highest BCUT2D eigenvalue weighted by molar-refractivity contribution is 5.89. The maximum atomic E-state index is 14.8. The number of halogens is 4. The first kappa shape index (κ1) is 25.9. The molecule has 1 aliphatic carbocycles. The standard InChI is InChI=1S/C27H27F4N5O2/c1-35-14-19(25(29)30)21(34-35)12-23(37)36-13-17(28)11-22(36)27(38)33-24(16-5-3-2-4-6-16)20-10-9-18(15-7-8-15)26(31)32-20/h2-6,9-10,14-15,17,22,24-25H,7-8,11-13H2,1H3,(H,33,38). The van der Waals surface area contributed by atoms with Gasteiger partial charge in [0, 0.05) is 25.2 Å². The monoisotopic (exact) mass is 529 g/mol. The van der Waals surface area contributed by atoms with E-state index in [0.29, 0.717) is 11.1 Å². The minimum atomic E-state index is -2.83. The fourth-order valence-electron chi connectivity index (χ4n) is 4.96. The zero-order chi connectivity index (χ0) is 27.0. The number of carbonyl (C=O) groups excluding carboxylic acids is 2. The van der Waals surface area contributed by atoms with Gasteiger partial charge in [-0.2, -0.15) is 9.49 Å². The lowest BCUT2D eigenvalue weighted by atomic mass is 10.0.